The molecule has 3 heterocycles. The number of ether oxygens (including phenoxy) is 1. The third kappa shape index (κ3) is 2.82. The van der Waals surface area contributed by atoms with Crippen LogP contribution < -0.4 is 0 Å². The van der Waals surface area contributed by atoms with E-state index in [4.69, 9.17) is 4.74 Å². The van der Waals surface area contributed by atoms with E-state index in [1.165, 1.54) is 10.5 Å². The lowest BCUT2D eigenvalue weighted by Crippen LogP contribution is -2.42. The van der Waals surface area contributed by atoms with Gasteiger partial charge in [-0.3, -0.25) is 9.67 Å². The number of hydrogen-bond acceptors (Lipinski definition) is 5. The van der Waals surface area contributed by atoms with Gasteiger partial charge >= 0.3 is 0 Å². The van der Waals surface area contributed by atoms with Gasteiger partial charge in [-0.05, 0) is 12.1 Å². The molecule has 0 saturated carbocycles. The smallest absolute Gasteiger partial charge is 0.244 e. The van der Waals surface area contributed by atoms with Crippen LogP contribution in [0.15, 0.2) is 41.8 Å². The molecule has 2 aromatic heterocycles. The number of aryl methyl sites for hydroxylation is 1. The van der Waals surface area contributed by atoms with Crippen LogP contribution in [0.25, 0.3) is 0 Å². The Morgan fingerprint density at radius 2 is 2.24 bits per heavy atom. The molecule has 3 rings (SSSR count). The minimum atomic E-state index is -3.53. The fourth-order valence-electron chi connectivity index (χ4n) is 2.30. The standard InChI is InChI=1S/C13H16N4O3S/c1-16-9-11(7-15-16)13-10-17(5-6-20-13)21(18,19)12-3-2-4-14-8-12/h2-4,7-9,13H,5-6,10H2,1H3/t13-/m0/s1. The first-order valence-electron chi connectivity index (χ1n) is 6.58. The molecule has 0 bridgehead atoms. The van der Waals surface area contributed by atoms with Gasteiger partial charge in [0.05, 0.1) is 18.9 Å². The molecule has 0 aliphatic carbocycles. The van der Waals surface area contributed by atoms with Gasteiger partial charge in [-0.1, -0.05) is 0 Å². The Bertz CT molecular complexity index is 714. The summed E-state index contributed by atoms with van der Waals surface area (Å²) >= 11 is 0. The molecule has 0 radical (unpaired) electrons. The first kappa shape index (κ1) is 14.2. The molecule has 7 nitrogen and oxygen atoms in total. The van der Waals surface area contributed by atoms with Crippen LogP contribution in [0.4, 0.5) is 0 Å². The lowest BCUT2D eigenvalue weighted by atomic mass is 10.2. The molecule has 1 aliphatic rings. The quantitative estimate of drug-likeness (QED) is 0.829. The molecule has 0 N–H and O–H groups in total. The third-order valence-electron chi connectivity index (χ3n) is 3.40. The maximum atomic E-state index is 12.6. The van der Waals surface area contributed by atoms with E-state index in [-0.39, 0.29) is 17.5 Å². The van der Waals surface area contributed by atoms with Crippen molar-refractivity contribution in [1.29, 1.82) is 0 Å². The van der Waals surface area contributed by atoms with Crippen molar-refractivity contribution in [2.75, 3.05) is 19.7 Å². The van der Waals surface area contributed by atoms with Crippen molar-refractivity contribution in [1.82, 2.24) is 19.1 Å². The second-order valence-electron chi connectivity index (χ2n) is 4.86. The molecule has 1 atom stereocenters. The second kappa shape index (κ2) is 5.55. The molecule has 1 fully saturated rings. The first-order chi connectivity index (χ1) is 10.1. The monoisotopic (exact) mass is 308 g/mol. The summed E-state index contributed by atoms with van der Waals surface area (Å²) in [6.07, 6.45) is 6.16. The normalized spacial score (nSPS) is 20.5. The Labute approximate surface area is 123 Å². The van der Waals surface area contributed by atoms with E-state index in [0.29, 0.717) is 13.2 Å². The minimum absolute atomic E-state index is 0.205. The molecule has 112 valence electrons. The SMILES string of the molecule is Cn1cc([C@@H]2CN(S(=O)(=O)c3cccnc3)CCO2)cn1. The molecule has 8 heteroatoms. The number of nitrogens with zero attached hydrogens (tertiary/aromatic N) is 4. The van der Waals surface area contributed by atoms with E-state index in [1.54, 1.807) is 29.2 Å². The van der Waals surface area contributed by atoms with Crippen LogP contribution in [0, 0.1) is 0 Å². The van der Waals surface area contributed by atoms with E-state index in [9.17, 15) is 8.42 Å². The average molecular weight is 308 g/mol. The minimum Gasteiger partial charge on any atom is -0.371 e. The summed E-state index contributed by atoms with van der Waals surface area (Å²) < 4.78 is 33.9. The summed E-state index contributed by atoms with van der Waals surface area (Å²) in [5, 5.41) is 4.10. The molecule has 0 aromatic carbocycles. The number of aromatic nitrogens is 3. The summed E-state index contributed by atoms with van der Waals surface area (Å²) in [7, 11) is -1.72. The molecular weight excluding hydrogens is 292 g/mol. The van der Waals surface area contributed by atoms with Gasteiger partial charge in [0, 0.05) is 44.3 Å². The number of morpholine rings is 1. The average Bonchev–Trinajstić information content (AvgIpc) is 2.95. The Morgan fingerprint density at radius 1 is 1.38 bits per heavy atom. The lowest BCUT2D eigenvalue weighted by Gasteiger charge is -2.31. The number of pyridine rings is 1. The Morgan fingerprint density at radius 3 is 2.90 bits per heavy atom. The maximum Gasteiger partial charge on any atom is 0.244 e. The van der Waals surface area contributed by atoms with Crippen molar-refractivity contribution in [3.05, 3.63) is 42.5 Å². The van der Waals surface area contributed by atoms with Crippen LogP contribution in [0.1, 0.15) is 11.7 Å². The van der Waals surface area contributed by atoms with Gasteiger partial charge in [0.2, 0.25) is 10.0 Å². The van der Waals surface area contributed by atoms with Gasteiger partial charge in [-0.25, -0.2) is 8.42 Å². The Kier molecular flexibility index (Phi) is 3.75. The summed E-state index contributed by atoms with van der Waals surface area (Å²) in [6.45, 7) is 0.982. The van der Waals surface area contributed by atoms with Gasteiger partial charge in [0.1, 0.15) is 4.90 Å². The van der Waals surface area contributed by atoms with Crippen molar-refractivity contribution in [3.8, 4) is 0 Å². The van der Waals surface area contributed by atoms with Gasteiger partial charge in [0.25, 0.3) is 0 Å². The zero-order valence-corrected chi connectivity index (χ0v) is 12.4. The maximum absolute atomic E-state index is 12.6. The number of rotatable bonds is 3. The van der Waals surface area contributed by atoms with Crippen molar-refractivity contribution >= 4 is 10.0 Å². The molecule has 2 aromatic rings. The van der Waals surface area contributed by atoms with Crippen LogP contribution in [0.3, 0.4) is 0 Å². The number of sulfonamides is 1. The summed E-state index contributed by atoms with van der Waals surface area (Å²) in [6, 6.07) is 3.17. The highest BCUT2D eigenvalue weighted by Gasteiger charge is 2.32. The molecule has 1 saturated heterocycles. The number of hydrogen-bond donors (Lipinski definition) is 0. The van der Waals surface area contributed by atoms with Crippen LogP contribution in [-0.2, 0) is 21.8 Å². The van der Waals surface area contributed by atoms with Crippen LogP contribution in [0.5, 0.6) is 0 Å². The highest BCUT2D eigenvalue weighted by Crippen LogP contribution is 2.25. The molecule has 0 unspecified atom stereocenters. The fourth-order valence-corrected chi connectivity index (χ4v) is 3.69. The topological polar surface area (TPSA) is 77.3 Å². The third-order valence-corrected chi connectivity index (χ3v) is 5.25. The summed E-state index contributed by atoms with van der Waals surface area (Å²) in [4.78, 5) is 4.08. The molecular formula is C13H16N4O3S. The van der Waals surface area contributed by atoms with Crippen molar-refractivity contribution in [2.45, 2.75) is 11.0 Å². The zero-order chi connectivity index (χ0) is 14.9. The highest BCUT2D eigenvalue weighted by molar-refractivity contribution is 7.89. The lowest BCUT2D eigenvalue weighted by molar-refractivity contribution is -0.00259. The van der Waals surface area contributed by atoms with E-state index >= 15 is 0 Å². The summed E-state index contributed by atoms with van der Waals surface area (Å²) in [5.41, 5.74) is 0.878. The predicted molar refractivity (Wildman–Crippen MR) is 74.9 cm³/mol. The van der Waals surface area contributed by atoms with Gasteiger partial charge in [-0.2, -0.15) is 9.40 Å². The predicted octanol–water partition coefficient (Wildman–Crippen LogP) is 0.577. The van der Waals surface area contributed by atoms with Crippen molar-refractivity contribution < 1.29 is 13.2 Å². The van der Waals surface area contributed by atoms with Gasteiger partial charge in [-0.15, -0.1) is 0 Å². The van der Waals surface area contributed by atoms with Crippen LogP contribution in [0.2, 0.25) is 0 Å². The molecule has 21 heavy (non-hydrogen) atoms. The Hall–Kier alpha value is -1.77. The Balaban J connectivity index is 1.83. The van der Waals surface area contributed by atoms with E-state index in [0.717, 1.165) is 5.56 Å². The molecule has 1 aliphatic heterocycles. The van der Waals surface area contributed by atoms with Gasteiger partial charge < -0.3 is 4.74 Å². The van der Waals surface area contributed by atoms with Crippen LogP contribution >= 0.6 is 0 Å². The first-order valence-corrected chi connectivity index (χ1v) is 8.02. The highest BCUT2D eigenvalue weighted by atomic mass is 32.2. The van der Waals surface area contributed by atoms with Crippen molar-refractivity contribution in [3.63, 3.8) is 0 Å². The molecule has 0 spiro atoms. The van der Waals surface area contributed by atoms with E-state index in [2.05, 4.69) is 10.1 Å². The van der Waals surface area contributed by atoms with Crippen molar-refractivity contribution in [2.24, 2.45) is 7.05 Å². The van der Waals surface area contributed by atoms with Crippen LogP contribution in [-0.4, -0.2) is 47.2 Å². The molecule has 0 amide bonds. The van der Waals surface area contributed by atoms with E-state index < -0.39 is 10.0 Å². The fraction of sp³-hybridized carbons (Fsp3) is 0.385. The second-order valence-corrected chi connectivity index (χ2v) is 6.80. The van der Waals surface area contributed by atoms with Gasteiger partial charge in [0.15, 0.2) is 0 Å². The zero-order valence-electron chi connectivity index (χ0n) is 11.6. The van der Waals surface area contributed by atoms with E-state index in [1.807, 2.05) is 13.2 Å². The summed E-state index contributed by atoms with van der Waals surface area (Å²) in [5.74, 6) is 0. The largest absolute Gasteiger partial charge is 0.371 e.